The van der Waals surface area contributed by atoms with Gasteiger partial charge < -0.3 is 9.84 Å². The highest BCUT2D eigenvalue weighted by atomic mass is 35.5. The van der Waals surface area contributed by atoms with E-state index in [4.69, 9.17) is 33.0 Å². The Morgan fingerprint density at radius 2 is 1.06 bits per heavy atom. The highest BCUT2D eigenvalue weighted by Gasteiger charge is 1.75. The molecule has 1 N–H and O–H groups in total. The van der Waals surface area contributed by atoms with Crippen LogP contribution in [0.25, 0.3) is 0 Å². The highest BCUT2D eigenvalue weighted by molar-refractivity contribution is 6.40. The van der Waals surface area contributed by atoms with E-state index in [1.165, 1.54) is 25.7 Å². The van der Waals surface area contributed by atoms with Crippen LogP contribution in [0.4, 0.5) is 0 Å². The lowest BCUT2D eigenvalue weighted by molar-refractivity contribution is 0.162. The normalized spacial score (nSPS) is 7.50. The first-order chi connectivity index (χ1) is 7.74. The van der Waals surface area contributed by atoms with Crippen molar-refractivity contribution in [3.63, 3.8) is 0 Å². The van der Waals surface area contributed by atoms with Crippen LogP contribution in [0.5, 0.6) is 0 Å². The van der Waals surface area contributed by atoms with Crippen LogP contribution >= 0.6 is 23.2 Å². The Bertz CT molecular complexity index is 59.0. The van der Waals surface area contributed by atoms with Crippen molar-refractivity contribution < 1.29 is 9.84 Å². The molecule has 0 saturated carbocycles. The SMILES string of the molecule is CCCCCC.CCOCC.CO.ClCCl. The maximum absolute atomic E-state index is 7.00. The summed E-state index contributed by atoms with van der Waals surface area (Å²) in [6.45, 7) is 10.1. The topological polar surface area (TPSA) is 29.5 Å². The molecule has 0 rings (SSSR count). The van der Waals surface area contributed by atoms with E-state index < -0.39 is 0 Å². The number of aliphatic hydroxyl groups excluding tert-OH is 1. The molecule has 0 amide bonds. The van der Waals surface area contributed by atoms with Crippen LogP contribution in [-0.2, 0) is 4.74 Å². The minimum Gasteiger partial charge on any atom is -0.400 e. The van der Waals surface area contributed by atoms with Crippen molar-refractivity contribution in [1.82, 2.24) is 0 Å². The van der Waals surface area contributed by atoms with E-state index >= 15 is 0 Å². The zero-order valence-corrected chi connectivity index (χ0v) is 13.1. The fourth-order valence-corrected chi connectivity index (χ4v) is 0.704. The molecule has 4 heteroatoms. The smallest absolute Gasteiger partial charge is 0.0967 e. The average Bonchev–Trinajstić information content (AvgIpc) is 2.32. The quantitative estimate of drug-likeness (QED) is 0.585. The number of halogens is 2. The van der Waals surface area contributed by atoms with Crippen LogP contribution < -0.4 is 0 Å². The summed E-state index contributed by atoms with van der Waals surface area (Å²) in [5.41, 5.74) is 0. The summed E-state index contributed by atoms with van der Waals surface area (Å²) in [4.78, 5) is 0. The molecule has 0 atom stereocenters. The molecule has 0 aromatic rings. The lowest BCUT2D eigenvalue weighted by atomic mass is 10.2. The fourth-order valence-electron chi connectivity index (χ4n) is 0.704. The van der Waals surface area contributed by atoms with Gasteiger partial charge in [0, 0.05) is 20.3 Å². The Morgan fingerprint density at radius 1 is 0.812 bits per heavy atom. The second kappa shape index (κ2) is 45.1. The predicted molar refractivity (Wildman–Crippen MR) is 76.7 cm³/mol. The number of rotatable bonds is 5. The van der Waals surface area contributed by atoms with Crippen molar-refractivity contribution in [3.8, 4) is 0 Å². The molecule has 0 heterocycles. The van der Waals surface area contributed by atoms with Crippen molar-refractivity contribution in [2.45, 2.75) is 53.4 Å². The van der Waals surface area contributed by atoms with Gasteiger partial charge in [-0.3, -0.25) is 0 Å². The van der Waals surface area contributed by atoms with E-state index in [1.54, 1.807) is 0 Å². The van der Waals surface area contributed by atoms with Gasteiger partial charge >= 0.3 is 0 Å². The lowest BCUT2D eigenvalue weighted by Gasteiger charge is -1.86. The molecule has 104 valence electrons. The van der Waals surface area contributed by atoms with Crippen LogP contribution in [0.15, 0.2) is 0 Å². The molecule has 0 fully saturated rings. The first-order valence-corrected chi connectivity index (χ1v) is 6.96. The summed E-state index contributed by atoms with van der Waals surface area (Å²) in [6.07, 6.45) is 5.54. The molecule has 0 aliphatic rings. The molecule has 0 radical (unpaired) electrons. The second-order valence-electron chi connectivity index (χ2n) is 2.59. The van der Waals surface area contributed by atoms with Gasteiger partial charge in [0.15, 0.2) is 0 Å². The molecule has 0 aliphatic carbocycles. The monoisotopic (exact) mass is 276 g/mol. The first-order valence-electron chi connectivity index (χ1n) is 5.89. The minimum atomic E-state index is 0.194. The molecule has 0 bridgehead atoms. The third-order valence-corrected chi connectivity index (χ3v) is 1.37. The molecule has 0 aromatic carbocycles. The van der Waals surface area contributed by atoms with Gasteiger partial charge in [0.2, 0.25) is 0 Å². The Hall–Kier alpha value is 0.500. The Balaban J connectivity index is -0.0000000653. The average molecular weight is 277 g/mol. The third-order valence-electron chi connectivity index (χ3n) is 1.37. The molecule has 0 spiro atoms. The number of alkyl halides is 2. The third kappa shape index (κ3) is 87.4. The molecular weight excluding hydrogens is 247 g/mol. The van der Waals surface area contributed by atoms with Crippen molar-refractivity contribution in [3.05, 3.63) is 0 Å². The zero-order valence-electron chi connectivity index (χ0n) is 11.6. The number of ether oxygens (including phenoxy) is 1. The predicted octanol–water partition coefficient (Wildman–Crippen LogP) is 4.66. The van der Waals surface area contributed by atoms with Gasteiger partial charge in [-0.05, 0) is 13.8 Å². The molecule has 0 aliphatic heterocycles. The molecule has 16 heavy (non-hydrogen) atoms. The summed E-state index contributed by atoms with van der Waals surface area (Å²) in [7, 11) is 1.00. The second-order valence-corrected chi connectivity index (χ2v) is 3.40. The lowest BCUT2D eigenvalue weighted by Crippen LogP contribution is -1.84. The van der Waals surface area contributed by atoms with Gasteiger partial charge in [0.05, 0.1) is 5.34 Å². The van der Waals surface area contributed by atoms with Crippen LogP contribution in [0.2, 0.25) is 0 Å². The van der Waals surface area contributed by atoms with E-state index in [2.05, 4.69) is 13.8 Å². The van der Waals surface area contributed by atoms with E-state index in [1.807, 2.05) is 13.8 Å². The summed E-state index contributed by atoms with van der Waals surface area (Å²) in [6, 6.07) is 0. The van der Waals surface area contributed by atoms with E-state index in [9.17, 15) is 0 Å². The van der Waals surface area contributed by atoms with E-state index in [0.717, 1.165) is 20.3 Å². The Labute approximate surface area is 112 Å². The number of unbranched alkanes of at least 4 members (excludes halogenated alkanes) is 3. The summed E-state index contributed by atoms with van der Waals surface area (Å²) in [5.74, 6) is 0. The maximum atomic E-state index is 7.00. The van der Waals surface area contributed by atoms with Crippen LogP contribution in [0.1, 0.15) is 53.4 Å². The van der Waals surface area contributed by atoms with Crippen molar-refractivity contribution in [1.29, 1.82) is 0 Å². The van der Waals surface area contributed by atoms with Gasteiger partial charge in [0.25, 0.3) is 0 Å². The van der Waals surface area contributed by atoms with Gasteiger partial charge in [-0.2, -0.15) is 0 Å². The standard InChI is InChI=1S/C6H14.C4H10O.CH2Cl2.CH4O/c1-3-5-6-4-2;1-3-5-4-2;2-1-3;1-2/h3-6H2,1-2H3;3-4H2,1-2H3;1H2;2H,1H3. The maximum Gasteiger partial charge on any atom is 0.0967 e. The Kier molecular flexibility index (Phi) is 71.5. The molecule has 2 nitrogen and oxygen atoms in total. The van der Waals surface area contributed by atoms with Gasteiger partial charge in [-0.1, -0.05) is 39.5 Å². The Morgan fingerprint density at radius 3 is 1.12 bits per heavy atom. The number of hydrogen-bond donors (Lipinski definition) is 1. The van der Waals surface area contributed by atoms with Crippen LogP contribution in [-0.4, -0.2) is 30.8 Å². The van der Waals surface area contributed by atoms with E-state index in [-0.39, 0.29) is 5.34 Å². The summed E-state index contributed by atoms with van der Waals surface area (Å²) < 4.78 is 4.83. The van der Waals surface area contributed by atoms with Gasteiger partial charge in [-0.25, -0.2) is 0 Å². The van der Waals surface area contributed by atoms with Gasteiger partial charge in [-0.15, -0.1) is 23.2 Å². The van der Waals surface area contributed by atoms with Crippen molar-refractivity contribution in [2.24, 2.45) is 0 Å². The minimum absolute atomic E-state index is 0.194. The fraction of sp³-hybridized carbons (Fsp3) is 1.00. The number of aliphatic hydroxyl groups is 1. The molecular formula is C12H30Cl2O2. The van der Waals surface area contributed by atoms with Crippen LogP contribution in [0, 0.1) is 0 Å². The van der Waals surface area contributed by atoms with E-state index in [0.29, 0.717) is 0 Å². The van der Waals surface area contributed by atoms with Crippen molar-refractivity contribution in [2.75, 3.05) is 25.7 Å². The summed E-state index contributed by atoms with van der Waals surface area (Å²) >= 11 is 9.53. The highest BCUT2D eigenvalue weighted by Crippen LogP contribution is 1.95. The largest absolute Gasteiger partial charge is 0.400 e. The first kappa shape index (κ1) is 25.4. The summed E-state index contributed by atoms with van der Waals surface area (Å²) in [5, 5.41) is 7.19. The molecule has 0 unspecified atom stereocenters. The number of hydrogen-bond acceptors (Lipinski definition) is 2. The molecule has 0 aromatic heterocycles. The van der Waals surface area contributed by atoms with Gasteiger partial charge in [0.1, 0.15) is 0 Å². The van der Waals surface area contributed by atoms with Crippen molar-refractivity contribution >= 4 is 23.2 Å². The van der Waals surface area contributed by atoms with Crippen LogP contribution in [0.3, 0.4) is 0 Å². The zero-order chi connectivity index (χ0) is 13.7. The molecule has 0 saturated heterocycles.